The molecule has 0 saturated heterocycles. The monoisotopic (exact) mass is 360 g/mol. The molecule has 4 heteroatoms. The summed E-state index contributed by atoms with van der Waals surface area (Å²) in [4.78, 5) is 16.3. The van der Waals surface area contributed by atoms with E-state index >= 15 is 0 Å². The van der Waals surface area contributed by atoms with Gasteiger partial charge in [0.25, 0.3) is 0 Å². The van der Waals surface area contributed by atoms with E-state index in [-0.39, 0.29) is 5.91 Å². The van der Waals surface area contributed by atoms with Crippen molar-refractivity contribution < 1.29 is 9.53 Å². The standard InChI is InChI=1S/C23H24N2O2/c1-18-7-9-19(10-8-18)11-12-22(26)25-16-21-13-14-24-23(15-21)27-17-20-5-3-2-4-6-20/h2-10,13-15H,11-12,16-17H2,1H3,(H,25,26). The van der Waals surface area contributed by atoms with Crippen molar-refractivity contribution in [2.24, 2.45) is 0 Å². The second-order valence-corrected chi connectivity index (χ2v) is 6.54. The minimum absolute atomic E-state index is 0.0409. The van der Waals surface area contributed by atoms with Gasteiger partial charge in [-0.15, -0.1) is 0 Å². The van der Waals surface area contributed by atoms with Crippen molar-refractivity contribution >= 4 is 5.91 Å². The van der Waals surface area contributed by atoms with Gasteiger partial charge < -0.3 is 10.1 Å². The fraction of sp³-hybridized carbons (Fsp3) is 0.217. The zero-order valence-electron chi connectivity index (χ0n) is 15.5. The summed E-state index contributed by atoms with van der Waals surface area (Å²) in [5, 5.41) is 2.96. The molecule has 138 valence electrons. The number of amides is 1. The van der Waals surface area contributed by atoms with Crippen molar-refractivity contribution in [1.82, 2.24) is 10.3 Å². The Hall–Kier alpha value is -3.14. The van der Waals surface area contributed by atoms with Crippen LogP contribution in [0.25, 0.3) is 0 Å². The number of carbonyl (C=O) groups excluding carboxylic acids is 1. The van der Waals surface area contributed by atoms with E-state index in [0.29, 0.717) is 25.5 Å². The maximum atomic E-state index is 12.1. The molecule has 0 spiro atoms. The van der Waals surface area contributed by atoms with Crippen LogP contribution in [0.2, 0.25) is 0 Å². The van der Waals surface area contributed by atoms with Crippen LogP contribution in [-0.4, -0.2) is 10.9 Å². The number of pyridine rings is 1. The third-order valence-electron chi connectivity index (χ3n) is 4.28. The van der Waals surface area contributed by atoms with Gasteiger partial charge in [0.2, 0.25) is 11.8 Å². The number of benzene rings is 2. The zero-order chi connectivity index (χ0) is 18.9. The summed E-state index contributed by atoms with van der Waals surface area (Å²) in [5.41, 5.74) is 4.47. The molecule has 0 fully saturated rings. The molecule has 0 aliphatic carbocycles. The first-order valence-electron chi connectivity index (χ1n) is 9.13. The average molecular weight is 360 g/mol. The summed E-state index contributed by atoms with van der Waals surface area (Å²) >= 11 is 0. The van der Waals surface area contributed by atoms with Crippen LogP contribution in [0.15, 0.2) is 72.9 Å². The highest BCUT2D eigenvalue weighted by atomic mass is 16.5. The largest absolute Gasteiger partial charge is 0.473 e. The maximum Gasteiger partial charge on any atom is 0.220 e. The molecule has 0 saturated carbocycles. The molecule has 1 aromatic heterocycles. The molecule has 1 amide bonds. The van der Waals surface area contributed by atoms with Crippen molar-refractivity contribution in [3.05, 3.63) is 95.2 Å². The van der Waals surface area contributed by atoms with E-state index in [2.05, 4.69) is 41.5 Å². The Bertz CT molecular complexity index is 861. The Kier molecular flexibility index (Phi) is 6.58. The predicted molar refractivity (Wildman–Crippen MR) is 106 cm³/mol. The van der Waals surface area contributed by atoms with E-state index < -0.39 is 0 Å². The number of hydrogen-bond donors (Lipinski definition) is 1. The van der Waals surface area contributed by atoms with Gasteiger partial charge in [0, 0.05) is 25.2 Å². The van der Waals surface area contributed by atoms with Gasteiger partial charge in [-0.25, -0.2) is 4.98 Å². The van der Waals surface area contributed by atoms with Crippen LogP contribution in [0.1, 0.15) is 28.7 Å². The quantitative estimate of drug-likeness (QED) is 0.654. The minimum atomic E-state index is 0.0409. The lowest BCUT2D eigenvalue weighted by Gasteiger charge is -2.08. The topological polar surface area (TPSA) is 51.2 Å². The van der Waals surface area contributed by atoms with E-state index in [1.54, 1.807) is 6.20 Å². The van der Waals surface area contributed by atoms with Crippen LogP contribution in [-0.2, 0) is 24.4 Å². The second-order valence-electron chi connectivity index (χ2n) is 6.54. The Labute approximate surface area is 160 Å². The number of nitrogens with one attached hydrogen (secondary N) is 1. The fourth-order valence-electron chi connectivity index (χ4n) is 2.67. The van der Waals surface area contributed by atoms with Gasteiger partial charge in [-0.05, 0) is 36.1 Å². The summed E-state index contributed by atoms with van der Waals surface area (Å²) in [6, 6.07) is 22.0. The van der Waals surface area contributed by atoms with E-state index in [1.807, 2.05) is 42.5 Å². The van der Waals surface area contributed by atoms with Crippen molar-refractivity contribution in [2.75, 3.05) is 0 Å². The molecule has 0 aliphatic heterocycles. The van der Waals surface area contributed by atoms with Crippen molar-refractivity contribution in [3.8, 4) is 5.88 Å². The van der Waals surface area contributed by atoms with Crippen molar-refractivity contribution in [2.45, 2.75) is 32.9 Å². The number of ether oxygens (including phenoxy) is 1. The van der Waals surface area contributed by atoms with Crippen LogP contribution in [0.4, 0.5) is 0 Å². The summed E-state index contributed by atoms with van der Waals surface area (Å²) in [6.45, 7) is 3.00. The molecular weight excluding hydrogens is 336 g/mol. The molecule has 0 bridgehead atoms. The van der Waals surface area contributed by atoms with E-state index in [4.69, 9.17) is 4.74 Å². The number of aryl methyl sites for hydroxylation is 2. The van der Waals surface area contributed by atoms with E-state index in [1.165, 1.54) is 11.1 Å². The molecule has 0 aliphatic rings. The number of rotatable bonds is 8. The molecule has 3 aromatic rings. The van der Waals surface area contributed by atoms with Gasteiger partial charge in [0.05, 0.1) is 0 Å². The molecule has 0 radical (unpaired) electrons. The lowest BCUT2D eigenvalue weighted by atomic mass is 10.1. The van der Waals surface area contributed by atoms with Gasteiger partial charge in [0.15, 0.2) is 0 Å². The number of aromatic nitrogens is 1. The normalized spacial score (nSPS) is 10.4. The predicted octanol–water partition coefficient (Wildman–Crippen LogP) is 4.22. The van der Waals surface area contributed by atoms with Gasteiger partial charge >= 0.3 is 0 Å². The Morgan fingerprint density at radius 2 is 1.74 bits per heavy atom. The van der Waals surface area contributed by atoms with E-state index in [9.17, 15) is 4.79 Å². The second kappa shape index (κ2) is 9.53. The van der Waals surface area contributed by atoms with Crippen LogP contribution >= 0.6 is 0 Å². The van der Waals surface area contributed by atoms with Crippen LogP contribution < -0.4 is 10.1 Å². The third kappa shape index (κ3) is 6.26. The van der Waals surface area contributed by atoms with E-state index in [0.717, 1.165) is 17.5 Å². The molecule has 27 heavy (non-hydrogen) atoms. The molecule has 0 unspecified atom stereocenters. The number of carbonyl (C=O) groups is 1. The number of hydrogen-bond acceptors (Lipinski definition) is 3. The van der Waals surface area contributed by atoms with Gasteiger partial charge in [0.1, 0.15) is 6.61 Å². The molecule has 2 aromatic carbocycles. The minimum Gasteiger partial charge on any atom is -0.473 e. The first-order valence-corrected chi connectivity index (χ1v) is 9.13. The Morgan fingerprint density at radius 1 is 0.963 bits per heavy atom. The van der Waals surface area contributed by atoms with Gasteiger partial charge in [-0.1, -0.05) is 60.2 Å². The first kappa shape index (κ1) is 18.6. The van der Waals surface area contributed by atoms with Crippen LogP contribution in [0.5, 0.6) is 5.88 Å². The number of nitrogens with zero attached hydrogens (tertiary/aromatic N) is 1. The highest BCUT2D eigenvalue weighted by molar-refractivity contribution is 5.76. The summed E-state index contributed by atoms with van der Waals surface area (Å²) in [7, 11) is 0. The molecular formula is C23H24N2O2. The van der Waals surface area contributed by atoms with Crippen LogP contribution in [0, 0.1) is 6.92 Å². The fourth-order valence-corrected chi connectivity index (χ4v) is 2.67. The summed E-state index contributed by atoms with van der Waals surface area (Å²) in [5.74, 6) is 0.601. The lowest BCUT2D eigenvalue weighted by Crippen LogP contribution is -2.23. The molecule has 4 nitrogen and oxygen atoms in total. The lowest BCUT2D eigenvalue weighted by molar-refractivity contribution is -0.121. The average Bonchev–Trinajstić information content (AvgIpc) is 2.71. The third-order valence-corrected chi connectivity index (χ3v) is 4.28. The molecule has 1 N–H and O–H groups in total. The van der Waals surface area contributed by atoms with Gasteiger partial charge in [-0.3, -0.25) is 4.79 Å². The Morgan fingerprint density at radius 3 is 2.52 bits per heavy atom. The molecule has 1 heterocycles. The highest BCUT2D eigenvalue weighted by Crippen LogP contribution is 2.12. The van der Waals surface area contributed by atoms with Gasteiger partial charge in [-0.2, -0.15) is 0 Å². The zero-order valence-corrected chi connectivity index (χ0v) is 15.5. The SMILES string of the molecule is Cc1ccc(CCC(=O)NCc2ccnc(OCc3ccccc3)c2)cc1. The first-order chi connectivity index (χ1) is 13.2. The summed E-state index contributed by atoms with van der Waals surface area (Å²) < 4.78 is 5.73. The molecule has 0 atom stereocenters. The van der Waals surface area contributed by atoms with Crippen molar-refractivity contribution in [3.63, 3.8) is 0 Å². The smallest absolute Gasteiger partial charge is 0.220 e. The van der Waals surface area contributed by atoms with Crippen LogP contribution in [0.3, 0.4) is 0 Å². The van der Waals surface area contributed by atoms with Crippen molar-refractivity contribution in [1.29, 1.82) is 0 Å². The maximum absolute atomic E-state index is 12.1. The summed E-state index contributed by atoms with van der Waals surface area (Å²) in [6.07, 6.45) is 2.92. The highest BCUT2D eigenvalue weighted by Gasteiger charge is 2.04. The molecule has 3 rings (SSSR count). The Balaban J connectivity index is 1.44.